The highest BCUT2D eigenvalue weighted by Crippen LogP contribution is 2.31. The van der Waals surface area contributed by atoms with Gasteiger partial charge in [-0.1, -0.05) is 11.6 Å². The van der Waals surface area contributed by atoms with Crippen molar-refractivity contribution in [2.75, 3.05) is 0 Å². The molecule has 0 saturated carbocycles. The second-order valence-electron chi connectivity index (χ2n) is 4.25. The van der Waals surface area contributed by atoms with Crippen molar-refractivity contribution in [1.82, 2.24) is 0 Å². The second kappa shape index (κ2) is 5.93. The molecular weight excluding hydrogens is 299 g/mol. The normalized spacial score (nSPS) is 10.2. The molecule has 0 radical (unpaired) electrons. The maximum absolute atomic E-state index is 13.8. The standard InChI is InChI=1S/C15H10ClFO4/c1-8(18)9-2-5-14(12(17)7-9)21-13-4-3-10(15(19)20)6-11(13)16/h2-7H,1H3,(H,19,20). The van der Waals surface area contributed by atoms with Gasteiger partial charge in [0.15, 0.2) is 17.3 Å². The summed E-state index contributed by atoms with van der Waals surface area (Å²) in [6, 6.07) is 7.65. The van der Waals surface area contributed by atoms with Gasteiger partial charge in [0.05, 0.1) is 10.6 Å². The number of carboxylic acid groups (broad SMARTS) is 1. The average molecular weight is 309 g/mol. The minimum absolute atomic E-state index is 0.000232. The lowest BCUT2D eigenvalue weighted by Gasteiger charge is -2.09. The molecule has 4 nitrogen and oxygen atoms in total. The molecule has 0 atom stereocenters. The Kier molecular flexibility index (Phi) is 4.23. The summed E-state index contributed by atoms with van der Waals surface area (Å²) < 4.78 is 19.1. The Hall–Kier alpha value is -2.40. The summed E-state index contributed by atoms with van der Waals surface area (Å²) in [7, 11) is 0. The maximum atomic E-state index is 13.8. The third-order valence-corrected chi connectivity index (χ3v) is 3.03. The first-order chi connectivity index (χ1) is 9.88. The summed E-state index contributed by atoms with van der Waals surface area (Å²) in [5, 5.41) is 8.87. The molecule has 2 aromatic rings. The van der Waals surface area contributed by atoms with E-state index in [1.165, 1.54) is 37.3 Å². The van der Waals surface area contributed by atoms with Crippen molar-refractivity contribution in [3.63, 3.8) is 0 Å². The van der Waals surface area contributed by atoms with Gasteiger partial charge in [-0.2, -0.15) is 0 Å². The van der Waals surface area contributed by atoms with Gasteiger partial charge in [0.25, 0.3) is 0 Å². The molecule has 2 aromatic carbocycles. The Labute approximate surface area is 124 Å². The van der Waals surface area contributed by atoms with Crippen LogP contribution in [0, 0.1) is 5.82 Å². The Morgan fingerprint density at radius 1 is 1.10 bits per heavy atom. The molecule has 0 spiro atoms. The molecule has 108 valence electrons. The summed E-state index contributed by atoms with van der Waals surface area (Å²) >= 11 is 5.89. The second-order valence-corrected chi connectivity index (χ2v) is 4.66. The number of carboxylic acids is 1. The molecule has 0 aromatic heterocycles. The van der Waals surface area contributed by atoms with Gasteiger partial charge < -0.3 is 9.84 Å². The monoisotopic (exact) mass is 308 g/mol. The van der Waals surface area contributed by atoms with E-state index in [9.17, 15) is 14.0 Å². The molecule has 21 heavy (non-hydrogen) atoms. The highest BCUT2D eigenvalue weighted by atomic mass is 35.5. The predicted octanol–water partition coefficient (Wildman–Crippen LogP) is 4.17. The zero-order valence-electron chi connectivity index (χ0n) is 10.9. The number of benzene rings is 2. The van der Waals surface area contributed by atoms with E-state index in [1.807, 2.05) is 0 Å². The number of ketones is 1. The van der Waals surface area contributed by atoms with Crippen LogP contribution in [0.5, 0.6) is 11.5 Å². The van der Waals surface area contributed by atoms with Gasteiger partial charge in [0.1, 0.15) is 5.75 Å². The Balaban J connectivity index is 2.30. The Bertz CT molecular complexity index is 666. The van der Waals surface area contributed by atoms with Gasteiger partial charge >= 0.3 is 5.97 Å². The SMILES string of the molecule is CC(=O)c1ccc(Oc2ccc(C(=O)O)cc2Cl)c(F)c1. The van der Waals surface area contributed by atoms with Crippen molar-refractivity contribution in [3.05, 3.63) is 58.4 Å². The van der Waals surface area contributed by atoms with E-state index in [0.717, 1.165) is 6.07 Å². The molecule has 0 aliphatic heterocycles. The summed E-state index contributed by atoms with van der Waals surface area (Å²) in [5.74, 6) is -2.08. The van der Waals surface area contributed by atoms with E-state index in [-0.39, 0.29) is 33.4 Å². The smallest absolute Gasteiger partial charge is 0.335 e. The fourth-order valence-corrected chi connectivity index (χ4v) is 1.86. The van der Waals surface area contributed by atoms with Gasteiger partial charge in [-0.3, -0.25) is 4.79 Å². The van der Waals surface area contributed by atoms with Crippen LogP contribution in [-0.4, -0.2) is 16.9 Å². The predicted molar refractivity (Wildman–Crippen MR) is 74.9 cm³/mol. The molecule has 0 heterocycles. The molecule has 2 rings (SSSR count). The number of carbonyl (C=O) groups is 2. The van der Waals surface area contributed by atoms with Crippen LogP contribution in [0.3, 0.4) is 0 Å². The van der Waals surface area contributed by atoms with Gasteiger partial charge in [0, 0.05) is 5.56 Å². The van der Waals surface area contributed by atoms with E-state index in [0.29, 0.717) is 0 Å². The minimum atomic E-state index is -1.12. The van der Waals surface area contributed by atoms with Crippen molar-refractivity contribution in [1.29, 1.82) is 0 Å². The third-order valence-electron chi connectivity index (χ3n) is 2.74. The fraction of sp³-hybridized carbons (Fsp3) is 0.0667. The van der Waals surface area contributed by atoms with Crippen LogP contribution < -0.4 is 4.74 Å². The molecule has 0 saturated heterocycles. The number of aromatic carboxylic acids is 1. The van der Waals surface area contributed by atoms with E-state index < -0.39 is 11.8 Å². The largest absolute Gasteiger partial charge is 0.478 e. The van der Waals surface area contributed by atoms with Crippen LogP contribution in [0.25, 0.3) is 0 Å². The van der Waals surface area contributed by atoms with Crippen molar-refractivity contribution >= 4 is 23.4 Å². The molecule has 0 amide bonds. The molecule has 0 unspecified atom stereocenters. The molecule has 1 N–H and O–H groups in total. The van der Waals surface area contributed by atoms with Crippen LogP contribution in [-0.2, 0) is 0 Å². The first-order valence-electron chi connectivity index (χ1n) is 5.89. The Morgan fingerprint density at radius 2 is 1.71 bits per heavy atom. The van der Waals surface area contributed by atoms with Crippen molar-refractivity contribution in [3.8, 4) is 11.5 Å². The highest BCUT2D eigenvalue weighted by molar-refractivity contribution is 6.32. The molecule has 0 aliphatic rings. The van der Waals surface area contributed by atoms with E-state index in [4.69, 9.17) is 21.4 Å². The number of Topliss-reactive ketones (excluding diaryl/α,β-unsaturated/α-hetero) is 1. The van der Waals surface area contributed by atoms with Gasteiger partial charge in [-0.15, -0.1) is 0 Å². The van der Waals surface area contributed by atoms with Crippen LogP contribution in [0.15, 0.2) is 36.4 Å². The lowest BCUT2D eigenvalue weighted by atomic mass is 10.1. The van der Waals surface area contributed by atoms with Gasteiger partial charge in [-0.25, -0.2) is 9.18 Å². The summed E-state index contributed by atoms with van der Waals surface area (Å²) in [6.45, 7) is 1.33. The third kappa shape index (κ3) is 3.38. The van der Waals surface area contributed by atoms with Crippen molar-refractivity contribution in [2.45, 2.75) is 6.92 Å². The Morgan fingerprint density at radius 3 is 2.24 bits per heavy atom. The number of rotatable bonds is 4. The zero-order chi connectivity index (χ0) is 15.6. The summed E-state index contributed by atoms with van der Waals surface area (Å²) in [6.07, 6.45) is 0. The average Bonchev–Trinajstić information content (AvgIpc) is 2.42. The fourth-order valence-electron chi connectivity index (χ4n) is 1.64. The molecule has 0 aliphatic carbocycles. The molecular formula is C15H10ClFO4. The number of hydrogen-bond acceptors (Lipinski definition) is 3. The number of ether oxygens (including phenoxy) is 1. The molecule has 0 bridgehead atoms. The van der Waals surface area contributed by atoms with Crippen LogP contribution in [0.2, 0.25) is 5.02 Å². The highest BCUT2D eigenvalue weighted by Gasteiger charge is 2.12. The van der Waals surface area contributed by atoms with E-state index in [1.54, 1.807) is 0 Å². The number of carbonyl (C=O) groups excluding carboxylic acids is 1. The maximum Gasteiger partial charge on any atom is 0.335 e. The van der Waals surface area contributed by atoms with E-state index in [2.05, 4.69) is 0 Å². The minimum Gasteiger partial charge on any atom is -0.478 e. The topological polar surface area (TPSA) is 63.6 Å². The lowest BCUT2D eigenvalue weighted by molar-refractivity contribution is 0.0696. The summed E-state index contributed by atoms with van der Waals surface area (Å²) in [4.78, 5) is 21.9. The summed E-state index contributed by atoms with van der Waals surface area (Å²) in [5.41, 5.74) is 0.229. The molecule has 6 heteroatoms. The first kappa shape index (κ1) is 15.0. The zero-order valence-corrected chi connectivity index (χ0v) is 11.6. The van der Waals surface area contributed by atoms with Crippen molar-refractivity contribution < 1.29 is 23.8 Å². The molecule has 0 fully saturated rings. The number of hydrogen-bond donors (Lipinski definition) is 1. The van der Waals surface area contributed by atoms with Gasteiger partial charge in [0.2, 0.25) is 0 Å². The first-order valence-corrected chi connectivity index (χ1v) is 6.27. The number of halogens is 2. The quantitative estimate of drug-likeness (QED) is 0.861. The lowest BCUT2D eigenvalue weighted by Crippen LogP contribution is -1.98. The van der Waals surface area contributed by atoms with Crippen LogP contribution in [0.1, 0.15) is 27.6 Å². The van der Waals surface area contributed by atoms with Crippen LogP contribution >= 0.6 is 11.6 Å². The van der Waals surface area contributed by atoms with Crippen molar-refractivity contribution in [2.24, 2.45) is 0 Å². The van der Waals surface area contributed by atoms with E-state index >= 15 is 0 Å². The van der Waals surface area contributed by atoms with Gasteiger partial charge in [-0.05, 0) is 43.3 Å². The van der Waals surface area contributed by atoms with Crippen LogP contribution in [0.4, 0.5) is 4.39 Å².